The maximum atomic E-state index is 15.0. The summed E-state index contributed by atoms with van der Waals surface area (Å²) in [7, 11) is 0. The fraction of sp³-hybridized carbons (Fsp3) is 0.161. The lowest BCUT2D eigenvalue weighted by atomic mass is 9.99. The number of para-hydroxylation sites is 1. The van der Waals surface area contributed by atoms with E-state index in [0.29, 0.717) is 38.8 Å². The van der Waals surface area contributed by atoms with Crippen LogP contribution >= 0.6 is 0 Å². The Hall–Kier alpha value is -5.12. The molecule has 2 N–H and O–H groups in total. The van der Waals surface area contributed by atoms with Gasteiger partial charge in [-0.1, -0.05) is 24.3 Å². The molecule has 0 bridgehead atoms. The van der Waals surface area contributed by atoms with Gasteiger partial charge in [0.15, 0.2) is 17.2 Å². The number of nitrogen functional groups attached to an aromatic ring is 1. The molecule has 0 saturated carbocycles. The van der Waals surface area contributed by atoms with Crippen LogP contribution < -0.4 is 15.9 Å². The number of ether oxygens (including phenoxy) is 1. The fourth-order valence-corrected chi connectivity index (χ4v) is 4.95. The first kappa shape index (κ1) is 26.1. The third kappa shape index (κ3) is 4.57. The third-order valence-corrected chi connectivity index (χ3v) is 6.77. The molecule has 0 fully saturated rings. The van der Waals surface area contributed by atoms with Crippen LogP contribution in [0.2, 0.25) is 0 Å². The first-order chi connectivity index (χ1) is 19.7. The zero-order chi connectivity index (χ0) is 28.8. The van der Waals surface area contributed by atoms with Gasteiger partial charge in [-0.2, -0.15) is 5.10 Å². The van der Waals surface area contributed by atoms with E-state index in [1.54, 1.807) is 48.0 Å². The number of rotatable bonds is 6. The summed E-state index contributed by atoms with van der Waals surface area (Å²) < 4.78 is 42.7. The van der Waals surface area contributed by atoms with Crippen LogP contribution in [0.1, 0.15) is 32.6 Å². The highest BCUT2D eigenvalue weighted by atomic mass is 19.1. The van der Waals surface area contributed by atoms with Gasteiger partial charge in [-0.3, -0.25) is 4.79 Å². The second kappa shape index (κ2) is 10.1. The standard InChI is InChI=1S/C31H25F2N5O3/c1-16(2)40-24-12-11-19(14-22(24)33)27-26-30(34)35-15-36-31(26)38(37-27)17(3)29-25(18-7-6-8-20(32)13-18)28(39)21-9-4-5-10-23(21)41-29/h4-17H,1-3H3,(H2,34,35,36)/t17-/m1/s1. The van der Waals surface area contributed by atoms with Crippen molar-refractivity contribution in [2.45, 2.75) is 32.9 Å². The van der Waals surface area contributed by atoms with Crippen LogP contribution in [-0.2, 0) is 0 Å². The number of anilines is 1. The number of hydrogen-bond acceptors (Lipinski definition) is 7. The Morgan fingerprint density at radius 2 is 1.76 bits per heavy atom. The first-order valence-electron chi connectivity index (χ1n) is 13.0. The van der Waals surface area contributed by atoms with E-state index in [-0.39, 0.29) is 34.4 Å². The van der Waals surface area contributed by atoms with Crippen LogP contribution in [0.4, 0.5) is 14.6 Å². The summed E-state index contributed by atoms with van der Waals surface area (Å²) in [5.74, 6) is -0.539. The van der Waals surface area contributed by atoms with E-state index in [9.17, 15) is 13.6 Å². The second-order valence-corrected chi connectivity index (χ2v) is 9.92. The minimum absolute atomic E-state index is 0.114. The quantitative estimate of drug-likeness (QED) is 0.250. The van der Waals surface area contributed by atoms with Crippen molar-refractivity contribution in [3.05, 3.63) is 101 Å². The lowest BCUT2D eigenvalue weighted by Crippen LogP contribution is -2.16. The van der Waals surface area contributed by atoms with Gasteiger partial charge in [-0.15, -0.1) is 0 Å². The summed E-state index contributed by atoms with van der Waals surface area (Å²) >= 11 is 0. The molecule has 1 atom stereocenters. The second-order valence-electron chi connectivity index (χ2n) is 9.92. The molecule has 0 amide bonds. The Kier molecular flexibility index (Phi) is 6.45. The van der Waals surface area contributed by atoms with E-state index in [2.05, 4.69) is 9.97 Å². The summed E-state index contributed by atoms with van der Waals surface area (Å²) in [5.41, 5.74) is 8.02. The number of aromatic nitrogens is 4. The van der Waals surface area contributed by atoms with Gasteiger partial charge in [0, 0.05) is 5.56 Å². The maximum absolute atomic E-state index is 15.0. The van der Waals surface area contributed by atoms with Gasteiger partial charge in [0.1, 0.15) is 41.0 Å². The highest BCUT2D eigenvalue weighted by Gasteiger charge is 2.27. The largest absolute Gasteiger partial charge is 0.488 e. The Morgan fingerprint density at radius 1 is 0.951 bits per heavy atom. The molecule has 8 nitrogen and oxygen atoms in total. The predicted molar refractivity (Wildman–Crippen MR) is 153 cm³/mol. The average molecular weight is 554 g/mol. The monoisotopic (exact) mass is 553 g/mol. The summed E-state index contributed by atoms with van der Waals surface area (Å²) in [6, 6.07) is 16.4. The molecular weight excluding hydrogens is 528 g/mol. The molecule has 206 valence electrons. The van der Waals surface area contributed by atoms with E-state index < -0.39 is 17.7 Å². The lowest BCUT2D eigenvalue weighted by molar-refractivity contribution is 0.231. The van der Waals surface area contributed by atoms with Crippen molar-refractivity contribution in [1.29, 1.82) is 0 Å². The Morgan fingerprint density at radius 3 is 2.51 bits per heavy atom. The van der Waals surface area contributed by atoms with Gasteiger partial charge >= 0.3 is 0 Å². The number of nitrogens with zero attached hydrogens (tertiary/aromatic N) is 4. The number of hydrogen-bond donors (Lipinski definition) is 1. The molecule has 6 aromatic rings. The first-order valence-corrected chi connectivity index (χ1v) is 13.0. The number of nitrogens with two attached hydrogens (primary N) is 1. The van der Waals surface area contributed by atoms with Gasteiger partial charge in [0.05, 0.1) is 22.4 Å². The van der Waals surface area contributed by atoms with Crippen molar-refractivity contribution in [2.24, 2.45) is 0 Å². The average Bonchev–Trinajstić information content (AvgIpc) is 3.34. The normalized spacial score (nSPS) is 12.3. The molecule has 0 aliphatic heterocycles. The van der Waals surface area contributed by atoms with E-state index in [1.165, 1.54) is 36.7 Å². The number of fused-ring (bicyclic) bond motifs is 2. The lowest BCUT2D eigenvalue weighted by Gasteiger charge is -2.17. The van der Waals surface area contributed by atoms with Crippen molar-refractivity contribution in [3.63, 3.8) is 0 Å². The van der Waals surface area contributed by atoms with Crippen molar-refractivity contribution >= 4 is 27.8 Å². The molecule has 6 rings (SSSR count). The summed E-state index contributed by atoms with van der Waals surface area (Å²) in [4.78, 5) is 22.3. The minimum Gasteiger partial charge on any atom is -0.488 e. The van der Waals surface area contributed by atoms with E-state index >= 15 is 0 Å². The molecule has 3 aromatic carbocycles. The summed E-state index contributed by atoms with van der Waals surface area (Å²) in [5, 5.41) is 5.55. The molecule has 0 aliphatic rings. The van der Waals surface area contributed by atoms with Crippen molar-refractivity contribution in [1.82, 2.24) is 19.7 Å². The highest BCUT2D eigenvalue weighted by molar-refractivity contribution is 5.98. The number of halogens is 2. The zero-order valence-electron chi connectivity index (χ0n) is 22.4. The van der Waals surface area contributed by atoms with Crippen LogP contribution in [0.3, 0.4) is 0 Å². The van der Waals surface area contributed by atoms with E-state index in [4.69, 9.17) is 20.0 Å². The van der Waals surface area contributed by atoms with E-state index in [0.717, 1.165) is 0 Å². The molecule has 0 saturated heterocycles. The van der Waals surface area contributed by atoms with E-state index in [1.807, 2.05) is 13.8 Å². The SMILES string of the molecule is CC(C)Oc1ccc(-c2nn([C@H](C)c3oc4ccccc4c(=O)c3-c3cccc(F)c3)c3ncnc(N)c23)cc1F. The Labute approximate surface area is 233 Å². The van der Waals surface area contributed by atoms with Crippen molar-refractivity contribution < 1.29 is 17.9 Å². The van der Waals surface area contributed by atoms with Gasteiger partial charge in [-0.05, 0) is 68.8 Å². The predicted octanol–water partition coefficient (Wildman–Crippen LogP) is 6.52. The van der Waals surface area contributed by atoms with Crippen LogP contribution in [0, 0.1) is 11.6 Å². The smallest absolute Gasteiger partial charge is 0.200 e. The van der Waals surface area contributed by atoms with Gasteiger partial charge in [-0.25, -0.2) is 23.4 Å². The maximum Gasteiger partial charge on any atom is 0.200 e. The molecule has 10 heteroatoms. The van der Waals surface area contributed by atoms with Crippen LogP contribution in [0.5, 0.6) is 5.75 Å². The molecule has 0 radical (unpaired) electrons. The molecule has 41 heavy (non-hydrogen) atoms. The number of benzene rings is 3. The van der Waals surface area contributed by atoms with Crippen LogP contribution in [0.15, 0.2) is 82.3 Å². The summed E-state index contributed by atoms with van der Waals surface area (Å²) in [6.07, 6.45) is 1.10. The zero-order valence-corrected chi connectivity index (χ0v) is 22.4. The van der Waals surface area contributed by atoms with Gasteiger partial charge < -0.3 is 14.9 Å². The molecule has 0 spiro atoms. The topological polar surface area (TPSA) is 109 Å². The highest BCUT2D eigenvalue weighted by Crippen LogP contribution is 2.37. The fourth-order valence-electron chi connectivity index (χ4n) is 4.95. The molecular formula is C31H25F2N5O3. The molecule has 3 heterocycles. The Bertz CT molecular complexity index is 2000. The molecule has 3 aromatic heterocycles. The van der Waals surface area contributed by atoms with Crippen molar-refractivity contribution in [2.75, 3.05) is 5.73 Å². The van der Waals surface area contributed by atoms with Gasteiger partial charge in [0.2, 0.25) is 5.43 Å². The molecule has 0 unspecified atom stereocenters. The van der Waals surface area contributed by atoms with Crippen LogP contribution in [-0.4, -0.2) is 25.9 Å². The summed E-state index contributed by atoms with van der Waals surface area (Å²) in [6.45, 7) is 5.40. The third-order valence-electron chi connectivity index (χ3n) is 6.77. The van der Waals surface area contributed by atoms with Crippen LogP contribution in [0.25, 0.3) is 44.4 Å². The molecule has 0 aliphatic carbocycles. The van der Waals surface area contributed by atoms with Gasteiger partial charge in [0.25, 0.3) is 0 Å². The minimum atomic E-state index is -0.718. The Balaban J connectivity index is 1.58. The van der Waals surface area contributed by atoms with Crippen molar-refractivity contribution in [3.8, 4) is 28.1 Å².